The molecule has 0 aromatic heterocycles. The fourth-order valence-corrected chi connectivity index (χ4v) is 2.64. The lowest BCUT2D eigenvalue weighted by Gasteiger charge is -2.25. The Kier molecular flexibility index (Phi) is 2.69. The van der Waals surface area contributed by atoms with Gasteiger partial charge in [-0.2, -0.15) is 5.26 Å². The Morgan fingerprint density at radius 1 is 1.40 bits per heavy atom. The number of hydrogen-bond acceptors (Lipinski definition) is 2. The van der Waals surface area contributed by atoms with Gasteiger partial charge in [0, 0.05) is 5.70 Å². The largest absolute Gasteiger partial charge is 0.401 e. The Labute approximate surface area is 92.5 Å². The van der Waals surface area contributed by atoms with Gasteiger partial charge in [0.15, 0.2) is 0 Å². The quantitative estimate of drug-likeness (QED) is 0.667. The smallest absolute Gasteiger partial charge is 0.101 e. The fourth-order valence-electron chi connectivity index (χ4n) is 2.64. The third-order valence-electron chi connectivity index (χ3n) is 2.94. The monoisotopic (exact) mass is 204 g/mol. The first-order valence-corrected chi connectivity index (χ1v) is 5.30. The van der Waals surface area contributed by atoms with Gasteiger partial charge in [-0.25, -0.2) is 0 Å². The second-order valence-corrected chi connectivity index (χ2v) is 5.78. The van der Waals surface area contributed by atoms with E-state index in [1.165, 1.54) is 0 Å². The minimum atomic E-state index is 0.0508. The zero-order valence-electron chi connectivity index (χ0n) is 10.3. The molecular formula is C13H20N2. The summed E-state index contributed by atoms with van der Waals surface area (Å²) in [6, 6.07) is 2.22. The van der Waals surface area contributed by atoms with Crippen molar-refractivity contribution in [1.29, 1.82) is 5.26 Å². The molecule has 0 saturated heterocycles. The summed E-state index contributed by atoms with van der Waals surface area (Å²) in [4.78, 5) is 0. The summed E-state index contributed by atoms with van der Waals surface area (Å²) < 4.78 is 0. The van der Waals surface area contributed by atoms with Crippen LogP contribution in [0.1, 0.15) is 41.0 Å². The van der Waals surface area contributed by atoms with Gasteiger partial charge in [0.25, 0.3) is 0 Å². The number of nitriles is 1. The van der Waals surface area contributed by atoms with Crippen molar-refractivity contribution in [2.75, 3.05) is 0 Å². The normalized spacial score (nSPS) is 24.1. The maximum absolute atomic E-state index is 9.13. The standard InChI is InChI=1S/C13H20N2/c1-9(15)10(7-14)11-6-12(2,3)8-13(11,4)5/h6H,8,15H2,1-5H3/b10-9-. The van der Waals surface area contributed by atoms with Crippen molar-refractivity contribution in [3.63, 3.8) is 0 Å². The van der Waals surface area contributed by atoms with Gasteiger partial charge in [-0.3, -0.25) is 0 Å². The van der Waals surface area contributed by atoms with Gasteiger partial charge in [-0.15, -0.1) is 0 Å². The van der Waals surface area contributed by atoms with Gasteiger partial charge < -0.3 is 5.73 Å². The van der Waals surface area contributed by atoms with E-state index in [0.29, 0.717) is 11.3 Å². The SMILES string of the molecule is C/C(N)=C(\C#N)C1=CC(C)(C)CC1(C)C. The highest BCUT2D eigenvalue weighted by atomic mass is 14.6. The molecule has 82 valence electrons. The minimum Gasteiger partial charge on any atom is -0.401 e. The van der Waals surface area contributed by atoms with Crippen LogP contribution in [0.2, 0.25) is 0 Å². The van der Waals surface area contributed by atoms with Gasteiger partial charge in [0.1, 0.15) is 6.07 Å². The van der Waals surface area contributed by atoms with Crippen LogP contribution in [0.15, 0.2) is 22.9 Å². The second-order valence-electron chi connectivity index (χ2n) is 5.78. The third kappa shape index (κ3) is 2.23. The van der Waals surface area contributed by atoms with E-state index in [9.17, 15) is 0 Å². The summed E-state index contributed by atoms with van der Waals surface area (Å²) in [5.41, 5.74) is 8.35. The molecule has 2 heteroatoms. The van der Waals surface area contributed by atoms with Crippen molar-refractivity contribution < 1.29 is 0 Å². The molecule has 0 aromatic carbocycles. The molecule has 0 unspecified atom stereocenters. The molecule has 0 spiro atoms. The summed E-state index contributed by atoms with van der Waals surface area (Å²) in [5.74, 6) is 0. The first-order valence-electron chi connectivity index (χ1n) is 5.30. The Balaban J connectivity index is 3.28. The first kappa shape index (κ1) is 11.8. The van der Waals surface area contributed by atoms with Crippen molar-refractivity contribution in [2.24, 2.45) is 16.6 Å². The Bertz CT molecular complexity index is 372. The van der Waals surface area contributed by atoms with Crippen LogP contribution in [0, 0.1) is 22.2 Å². The van der Waals surface area contributed by atoms with Gasteiger partial charge in [0.05, 0.1) is 5.57 Å². The van der Waals surface area contributed by atoms with Crippen molar-refractivity contribution in [2.45, 2.75) is 41.0 Å². The first-order chi connectivity index (χ1) is 6.69. The van der Waals surface area contributed by atoms with E-state index < -0.39 is 0 Å². The van der Waals surface area contributed by atoms with E-state index in [-0.39, 0.29) is 10.8 Å². The summed E-state index contributed by atoms with van der Waals surface area (Å²) in [7, 11) is 0. The molecule has 2 N–H and O–H groups in total. The zero-order valence-corrected chi connectivity index (χ0v) is 10.3. The molecule has 0 bridgehead atoms. The molecule has 1 rings (SSSR count). The molecule has 15 heavy (non-hydrogen) atoms. The molecule has 0 radical (unpaired) electrons. The van der Waals surface area contributed by atoms with Crippen molar-refractivity contribution in [3.05, 3.63) is 22.9 Å². The van der Waals surface area contributed by atoms with E-state index >= 15 is 0 Å². The Hall–Kier alpha value is -1.23. The van der Waals surface area contributed by atoms with E-state index in [1.807, 2.05) is 0 Å². The Morgan fingerprint density at radius 2 is 1.93 bits per heavy atom. The minimum absolute atomic E-state index is 0.0508. The number of nitrogens with zero attached hydrogens (tertiary/aromatic N) is 1. The van der Waals surface area contributed by atoms with Crippen LogP contribution in [0.3, 0.4) is 0 Å². The van der Waals surface area contributed by atoms with Crippen LogP contribution in [0.25, 0.3) is 0 Å². The molecule has 0 amide bonds. The maximum atomic E-state index is 9.13. The molecule has 0 aliphatic heterocycles. The van der Waals surface area contributed by atoms with Gasteiger partial charge in [0.2, 0.25) is 0 Å². The van der Waals surface area contributed by atoms with Gasteiger partial charge >= 0.3 is 0 Å². The third-order valence-corrected chi connectivity index (χ3v) is 2.94. The number of rotatable bonds is 1. The predicted molar refractivity (Wildman–Crippen MR) is 62.8 cm³/mol. The second kappa shape index (κ2) is 3.41. The van der Waals surface area contributed by atoms with Crippen LogP contribution in [-0.2, 0) is 0 Å². The molecule has 1 aliphatic carbocycles. The van der Waals surface area contributed by atoms with Gasteiger partial charge in [-0.05, 0) is 29.7 Å². The summed E-state index contributed by atoms with van der Waals surface area (Å²) in [6.07, 6.45) is 3.26. The molecule has 0 fully saturated rings. The van der Waals surface area contributed by atoms with Crippen LogP contribution >= 0.6 is 0 Å². The summed E-state index contributed by atoms with van der Waals surface area (Å²) in [6.45, 7) is 10.5. The van der Waals surface area contributed by atoms with Crippen LogP contribution in [0.5, 0.6) is 0 Å². The fraction of sp³-hybridized carbons (Fsp3) is 0.615. The van der Waals surface area contributed by atoms with Crippen molar-refractivity contribution >= 4 is 0 Å². The summed E-state index contributed by atoms with van der Waals surface area (Å²) in [5, 5.41) is 9.13. The Morgan fingerprint density at radius 3 is 2.20 bits per heavy atom. The lowest BCUT2D eigenvalue weighted by Crippen LogP contribution is -2.16. The molecule has 1 aliphatic rings. The highest BCUT2D eigenvalue weighted by Crippen LogP contribution is 2.50. The van der Waals surface area contributed by atoms with E-state index in [1.54, 1.807) is 6.92 Å². The van der Waals surface area contributed by atoms with E-state index in [4.69, 9.17) is 11.0 Å². The topological polar surface area (TPSA) is 49.8 Å². The zero-order chi connectivity index (χ0) is 11.9. The number of allylic oxidation sites excluding steroid dienone is 4. The lowest BCUT2D eigenvalue weighted by molar-refractivity contribution is 0.327. The summed E-state index contributed by atoms with van der Waals surface area (Å²) >= 11 is 0. The average molecular weight is 204 g/mol. The lowest BCUT2D eigenvalue weighted by atomic mass is 9.78. The molecular weight excluding hydrogens is 184 g/mol. The van der Waals surface area contributed by atoms with Crippen molar-refractivity contribution in [3.8, 4) is 6.07 Å². The molecule has 2 nitrogen and oxygen atoms in total. The van der Waals surface area contributed by atoms with E-state index in [2.05, 4.69) is 39.8 Å². The van der Waals surface area contributed by atoms with Gasteiger partial charge in [-0.1, -0.05) is 33.8 Å². The average Bonchev–Trinajstić information content (AvgIpc) is 2.20. The van der Waals surface area contributed by atoms with Crippen LogP contribution in [-0.4, -0.2) is 0 Å². The molecule has 0 saturated carbocycles. The molecule has 0 aromatic rings. The number of hydrogen-bond donors (Lipinski definition) is 1. The van der Waals surface area contributed by atoms with Crippen molar-refractivity contribution in [1.82, 2.24) is 0 Å². The molecule has 0 atom stereocenters. The highest BCUT2D eigenvalue weighted by Gasteiger charge is 2.39. The molecule has 0 heterocycles. The van der Waals surface area contributed by atoms with E-state index in [0.717, 1.165) is 12.0 Å². The maximum Gasteiger partial charge on any atom is 0.101 e. The number of nitrogens with two attached hydrogens (primary N) is 1. The predicted octanol–water partition coefficient (Wildman–Crippen LogP) is 3.13. The highest BCUT2D eigenvalue weighted by molar-refractivity contribution is 5.50. The van der Waals surface area contributed by atoms with Crippen LogP contribution in [0.4, 0.5) is 0 Å². The van der Waals surface area contributed by atoms with Crippen LogP contribution < -0.4 is 5.73 Å².